The highest BCUT2D eigenvalue weighted by Crippen LogP contribution is 2.45. The third kappa shape index (κ3) is 4.29. The van der Waals surface area contributed by atoms with Gasteiger partial charge in [0.05, 0.1) is 34.6 Å². The second-order valence-electron chi connectivity index (χ2n) is 12.5. The first-order chi connectivity index (χ1) is 20.4. The van der Waals surface area contributed by atoms with Crippen LogP contribution in [0.25, 0.3) is 22.3 Å². The Kier molecular flexibility index (Phi) is 6.13. The fourth-order valence-corrected chi connectivity index (χ4v) is 6.25. The van der Waals surface area contributed by atoms with Gasteiger partial charge in [0.2, 0.25) is 18.4 Å². The number of halogens is 1. The zero-order valence-electron chi connectivity index (χ0n) is 24.3. The summed E-state index contributed by atoms with van der Waals surface area (Å²) in [5.74, 6) is -1.52. The summed E-state index contributed by atoms with van der Waals surface area (Å²) < 4.78 is 39.6. The summed E-state index contributed by atoms with van der Waals surface area (Å²) in [4.78, 5) is 44.5. The molecule has 5 heterocycles. The SMILES string of the molecule is CC[C@@]1(O)C(=O)OCc2c1cc1n(c2=O)Cc2c-1nc1cc3c(c(F)c1c2CNC(=O)[C@@H](OC(C)(C)C)C1CC1)OCO3. The van der Waals surface area contributed by atoms with Crippen molar-refractivity contribution in [2.45, 2.75) is 84.0 Å². The van der Waals surface area contributed by atoms with E-state index in [4.69, 9.17) is 23.9 Å². The van der Waals surface area contributed by atoms with Gasteiger partial charge in [-0.05, 0) is 57.6 Å². The lowest BCUT2D eigenvalue weighted by Crippen LogP contribution is -2.44. The Bertz CT molecular complexity index is 1790. The minimum absolute atomic E-state index is 0.00446. The molecule has 11 nitrogen and oxygen atoms in total. The molecule has 2 atom stereocenters. The van der Waals surface area contributed by atoms with Gasteiger partial charge in [0.15, 0.2) is 17.2 Å². The van der Waals surface area contributed by atoms with Gasteiger partial charge in [0.1, 0.15) is 12.7 Å². The molecular weight excluding hydrogens is 561 g/mol. The van der Waals surface area contributed by atoms with E-state index < -0.39 is 34.7 Å². The summed E-state index contributed by atoms with van der Waals surface area (Å²) in [6.07, 6.45) is 1.13. The standard InChI is InChI=1S/C31H32FN3O8/c1-5-31(39)18-8-20-24-16(11-35(20)28(37)17(18)12-40-29(31)38)15(10-33-27(36)25(14-6-7-14)43-30(2,3)4)22-19(34-24)9-21-26(23(22)32)42-13-41-21/h8-9,14,25,39H,5-7,10-13H2,1-4H3,(H,33,36)/t25-,31-/m0/s1. The molecule has 1 amide bonds. The number of amides is 1. The first kappa shape index (κ1) is 27.8. The molecule has 2 aromatic heterocycles. The van der Waals surface area contributed by atoms with Crippen LogP contribution in [0.2, 0.25) is 0 Å². The normalized spacial score (nSPS) is 20.8. The number of benzene rings is 1. The van der Waals surface area contributed by atoms with E-state index in [0.717, 1.165) is 12.8 Å². The minimum atomic E-state index is -1.98. The fourth-order valence-electron chi connectivity index (χ4n) is 6.25. The van der Waals surface area contributed by atoms with Gasteiger partial charge < -0.3 is 33.9 Å². The number of hydrogen-bond acceptors (Lipinski definition) is 9. The van der Waals surface area contributed by atoms with E-state index >= 15 is 4.39 Å². The number of ether oxygens (including phenoxy) is 4. The van der Waals surface area contributed by atoms with Crippen molar-refractivity contribution in [3.63, 3.8) is 0 Å². The van der Waals surface area contributed by atoms with Gasteiger partial charge in [0, 0.05) is 29.1 Å². The summed E-state index contributed by atoms with van der Waals surface area (Å²) in [5.41, 5.74) is -0.616. The molecule has 4 aliphatic rings. The molecule has 2 N–H and O–H groups in total. The Morgan fingerprint density at radius 2 is 2.00 bits per heavy atom. The van der Waals surface area contributed by atoms with E-state index in [1.165, 1.54) is 4.57 Å². The Morgan fingerprint density at radius 3 is 2.70 bits per heavy atom. The van der Waals surface area contributed by atoms with Crippen molar-refractivity contribution < 1.29 is 38.0 Å². The maximum Gasteiger partial charge on any atom is 0.343 e. The molecule has 226 valence electrons. The van der Waals surface area contributed by atoms with Crippen LogP contribution in [0.3, 0.4) is 0 Å². The summed E-state index contributed by atoms with van der Waals surface area (Å²) in [7, 11) is 0. The van der Waals surface area contributed by atoms with E-state index in [-0.39, 0.29) is 78.3 Å². The number of pyridine rings is 2. The quantitative estimate of drug-likeness (QED) is 0.323. The number of aliphatic hydroxyl groups is 1. The lowest BCUT2D eigenvalue weighted by atomic mass is 9.86. The molecule has 1 aliphatic carbocycles. The van der Waals surface area contributed by atoms with E-state index in [1.54, 1.807) is 19.1 Å². The van der Waals surface area contributed by atoms with Gasteiger partial charge >= 0.3 is 5.97 Å². The largest absolute Gasteiger partial charge is 0.458 e. The summed E-state index contributed by atoms with van der Waals surface area (Å²) in [6.45, 7) is 6.88. The number of hydrogen-bond donors (Lipinski definition) is 2. The predicted molar refractivity (Wildman–Crippen MR) is 150 cm³/mol. The maximum atomic E-state index is 16.0. The molecule has 0 spiro atoms. The highest BCUT2D eigenvalue weighted by molar-refractivity contribution is 5.92. The van der Waals surface area contributed by atoms with Crippen LogP contribution in [0.5, 0.6) is 11.5 Å². The van der Waals surface area contributed by atoms with Crippen molar-refractivity contribution in [1.82, 2.24) is 14.9 Å². The van der Waals surface area contributed by atoms with Gasteiger partial charge in [-0.2, -0.15) is 0 Å². The molecule has 1 aromatic carbocycles. The Hall–Kier alpha value is -4.03. The number of cyclic esters (lactones) is 1. The summed E-state index contributed by atoms with van der Waals surface area (Å²) in [5, 5.41) is 14.3. The third-order valence-corrected chi connectivity index (χ3v) is 8.60. The van der Waals surface area contributed by atoms with Crippen LogP contribution in [0, 0.1) is 11.7 Å². The zero-order chi connectivity index (χ0) is 30.4. The molecule has 0 radical (unpaired) electrons. The predicted octanol–water partition coefficient (Wildman–Crippen LogP) is 3.16. The minimum Gasteiger partial charge on any atom is -0.458 e. The average Bonchev–Trinajstić information content (AvgIpc) is 3.58. The Balaban J connectivity index is 1.37. The number of nitrogens with zero attached hydrogens (tertiary/aromatic N) is 2. The second kappa shape index (κ2) is 9.48. The zero-order valence-corrected chi connectivity index (χ0v) is 24.3. The molecule has 12 heteroatoms. The number of carbonyl (C=O) groups is 2. The number of aromatic nitrogens is 2. The Labute approximate surface area is 245 Å². The van der Waals surface area contributed by atoms with E-state index in [1.807, 2.05) is 20.8 Å². The molecule has 43 heavy (non-hydrogen) atoms. The monoisotopic (exact) mass is 593 g/mol. The van der Waals surface area contributed by atoms with Crippen LogP contribution in [0.15, 0.2) is 16.9 Å². The van der Waals surface area contributed by atoms with Crippen molar-refractivity contribution >= 4 is 22.8 Å². The fraction of sp³-hybridized carbons (Fsp3) is 0.484. The molecule has 0 saturated heterocycles. The molecule has 1 saturated carbocycles. The molecule has 3 aliphatic heterocycles. The molecule has 7 rings (SSSR count). The lowest BCUT2D eigenvalue weighted by molar-refractivity contribution is -0.172. The van der Waals surface area contributed by atoms with Gasteiger partial charge in [-0.25, -0.2) is 14.2 Å². The van der Waals surface area contributed by atoms with Crippen molar-refractivity contribution in [3.05, 3.63) is 50.6 Å². The van der Waals surface area contributed by atoms with Gasteiger partial charge in [0.25, 0.3) is 5.56 Å². The number of carbonyl (C=O) groups excluding carboxylic acids is 2. The number of rotatable bonds is 6. The van der Waals surface area contributed by atoms with Gasteiger partial charge in [-0.3, -0.25) is 9.59 Å². The molecule has 0 bridgehead atoms. The van der Waals surface area contributed by atoms with Crippen molar-refractivity contribution in [2.75, 3.05) is 6.79 Å². The highest BCUT2D eigenvalue weighted by atomic mass is 19.1. The first-order valence-corrected chi connectivity index (χ1v) is 14.5. The first-order valence-electron chi connectivity index (χ1n) is 14.5. The average molecular weight is 594 g/mol. The molecule has 0 unspecified atom stereocenters. The van der Waals surface area contributed by atoms with Crippen molar-refractivity contribution in [2.24, 2.45) is 5.92 Å². The maximum absolute atomic E-state index is 16.0. The summed E-state index contributed by atoms with van der Waals surface area (Å²) >= 11 is 0. The number of nitrogens with one attached hydrogen (secondary N) is 1. The van der Waals surface area contributed by atoms with Gasteiger partial charge in [-0.1, -0.05) is 6.92 Å². The topological polar surface area (TPSA) is 138 Å². The second-order valence-corrected chi connectivity index (χ2v) is 12.5. The van der Waals surface area contributed by atoms with Crippen LogP contribution in [0.1, 0.15) is 69.2 Å². The summed E-state index contributed by atoms with van der Waals surface area (Å²) in [6, 6.07) is 3.16. The lowest BCUT2D eigenvalue weighted by Gasteiger charge is -2.31. The van der Waals surface area contributed by atoms with Crippen molar-refractivity contribution in [1.29, 1.82) is 0 Å². The van der Waals surface area contributed by atoms with Crippen LogP contribution >= 0.6 is 0 Å². The van der Waals surface area contributed by atoms with Crippen LogP contribution in [-0.2, 0) is 44.4 Å². The number of esters is 1. The van der Waals surface area contributed by atoms with Crippen LogP contribution in [0.4, 0.5) is 4.39 Å². The smallest absolute Gasteiger partial charge is 0.343 e. The van der Waals surface area contributed by atoms with Crippen LogP contribution < -0.4 is 20.3 Å². The highest BCUT2D eigenvalue weighted by Gasteiger charge is 2.46. The van der Waals surface area contributed by atoms with Crippen molar-refractivity contribution in [3.8, 4) is 22.9 Å². The van der Waals surface area contributed by atoms with E-state index in [2.05, 4.69) is 5.32 Å². The number of fused-ring (bicyclic) bond motifs is 6. The Morgan fingerprint density at radius 1 is 1.23 bits per heavy atom. The third-order valence-electron chi connectivity index (χ3n) is 8.60. The van der Waals surface area contributed by atoms with E-state index in [0.29, 0.717) is 22.5 Å². The van der Waals surface area contributed by atoms with Crippen LogP contribution in [-0.4, -0.2) is 45.0 Å². The molecule has 1 fully saturated rings. The molecular formula is C31H32FN3O8. The van der Waals surface area contributed by atoms with E-state index in [9.17, 15) is 19.5 Å². The molecule has 3 aromatic rings. The van der Waals surface area contributed by atoms with Gasteiger partial charge in [-0.15, -0.1) is 0 Å².